The van der Waals surface area contributed by atoms with Gasteiger partial charge in [0.1, 0.15) is 0 Å². The normalized spacial score (nSPS) is 11.0. The van der Waals surface area contributed by atoms with Crippen LogP contribution in [0.3, 0.4) is 0 Å². The standard InChI is InChI=1S/C9H5BrClIS/c10-3-5-1-6-7(11)4-13-9(6)8(12)2-5/h1-2,4H,3H2. The average Bonchev–Trinajstić information content (AvgIpc) is 2.48. The second-order valence-corrected chi connectivity index (χ2v) is 5.68. The van der Waals surface area contributed by atoms with Gasteiger partial charge in [0.15, 0.2) is 0 Å². The number of alkyl halides is 1. The molecule has 1 aromatic carbocycles. The lowest BCUT2D eigenvalue weighted by Crippen LogP contribution is -1.79. The van der Waals surface area contributed by atoms with E-state index in [1.165, 1.54) is 19.2 Å². The van der Waals surface area contributed by atoms with Gasteiger partial charge in [0.05, 0.1) is 5.02 Å². The van der Waals surface area contributed by atoms with Gasteiger partial charge in [0.2, 0.25) is 0 Å². The van der Waals surface area contributed by atoms with Crippen LogP contribution in [0.25, 0.3) is 10.1 Å². The molecule has 0 aliphatic heterocycles. The van der Waals surface area contributed by atoms with Crippen LogP contribution in [0, 0.1) is 3.57 Å². The highest BCUT2D eigenvalue weighted by atomic mass is 127. The zero-order chi connectivity index (χ0) is 9.42. The molecule has 0 radical (unpaired) electrons. The Hall–Kier alpha value is 0.680. The summed E-state index contributed by atoms with van der Waals surface area (Å²) >= 11 is 13.6. The molecule has 0 fully saturated rings. The lowest BCUT2D eigenvalue weighted by Gasteiger charge is -1.99. The van der Waals surface area contributed by atoms with Crippen LogP contribution in [0.15, 0.2) is 17.5 Å². The first-order valence-electron chi connectivity index (χ1n) is 3.63. The van der Waals surface area contributed by atoms with E-state index in [9.17, 15) is 0 Å². The average molecular weight is 387 g/mol. The summed E-state index contributed by atoms with van der Waals surface area (Å²) in [6.07, 6.45) is 0. The van der Waals surface area contributed by atoms with E-state index in [1.807, 2.05) is 5.38 Å². The van der Waals surface area contributed by atoms with Crippen LogP contribution in [-0.4, -0.2) is 0 Å². The number of thiophene rings is 1. The summed E-state index contributed by atoms with van der Waals surface area (Å²) in [5.41, 5.74) is 1.28. The Balaban J connectivity index is 2.80. The maximum Gasteiger partial charge on any atom is 0.0592 e. The van der Waals surface area contributed by atoms with E-state index < -0.39 is 0 Å². The van der Waals surface area contributed by atoms with Crippen LogP contribution in [0.1, 0.15) is 5.56 Å². The third-order valence-corrected chi connectivity index (χ3v) is 5.13. The fourth-order valence-electron chi connectivity index (χ4n) is 1.20. The van der Waals surface area contributed by atoms with Crippen molar-refractivity contribution in [3.8, 4) is 0 Å². The molecule has 1 aromatic heterocycles. The van der Waals surface area contributed by atoms with E-state index in [1.54, 1.807) is 11.3 Å². The molecule has 2 aromatic rings. The van der Waals surface area contributed by atoms with Crippen LogP contribution in [0.2, 0.25) is 5.02 Å². The summed E-state index contributed by atoms with van der Waals surface area (Å²) in [5, 5.41) is 4.91. The molecular formula is C9H5BrClIS. The Labute approximate surface area is 108 Å². The third kappa shape index (κ3) is 1.89. The van der Waals surface area contributed by atoms with Gasteiger partial charge in [-0.05, 0) is 40.3 Å². The molecule has 0 amide bonds. The van der Waals surface area contributed by atoms with Crippen LogP contribution >= 0.6 is 61.5 Å². The van der Waals surface area contributed by atoms with Crippen molar-refractivity contribution >= 4 is 71.5 Å². The first-order chi connectivity index (χ1) is 6.22. The highest BCUT2D eigenvalue weighted by molar-refractivity contribution is 14.1. The fraction of sp³-hybridized carbons (Fsp3) is 0.111. The Morgan fingerprint density at radius 3 is 2.92 bits per heavy atom. The van der Waals surface area contributed by atoms with Gasteiger partial charge in [-0.1, -0.05) is 27.5 Å². The first kappa shape index (κ1) is 10.2. The predicted molar refractivity (Wildman–Crippen MR) is 72.2 cm³/mol. The fourth-order valence-corrected chi connectivity index (χ4v) is 3.75. The molecule has 0 atom stereocenters. The van der Waals surface area contributed by atoms with Gasteiger partial charge >= 0.3 is 0 Å². The predicted octanol–water partition coefficient (Wildman–Crippen LogP) is 5.05. The molecule has 0 N–H and O–H groups in total. The van der Waals surface area contributed by atoms with Crippen LogP contribution in [-0.2, 0) is 5.33 Å². The van der Waals surface area contributed by atoms with Crippen LogP contribution in [0.4, 0.5) is 0 Å². The highest BCUT2D eigenvalue weighted by Crippen LogP contribution is 2.34. The van der Waals surface area contributed by atoms with Gasteiger partial charge in [0.25, 0.3) is 0 Å². The molecule has 0 unspecified atom stereocenters. The Kier molecular flexibility index (Phi) is 3.18. The summed E-state index contributed by atoms with van der Waals surface area (Å²) in [5.74, 6) is 0. The van der Waals surface area contributed by atoms with Crippen molar-refractivity contribution in [3.05, 3.63) is 31.7 Å². The summed E-state index contributed by atoms with van der Waals surface area (Å²) in [7, 11) is 0. The number of hydrogen-bond acceptors (Lipinski definition) is 1. The first-order valence-corrected chi connectivity index (χ1v) is 7.09. The van der Waals surface area contributed by atoms with Crippen molar-refractivity contribution in [2.24, 2.45) is 0 Å². The maximum atomic E-state index is 6.07. The minimum absolute atomic E-state index is 0.862. The summed E-state index contributed by atoms with van der Waals surface area (Å²) < 4.78 is 2.57. The SMILES string of the molecule is Clc1csc2c(I)cc(CBr)cc12. The second kappa shape index (κ2) is 4.04. The van der Waals surface area contributed by atoms with E-state index in [4.69, 9.17) is 11.6 Å². The monoisotopic (exact) mass is 386 g/mol. The van der Waals surface area contributed by atoms with E-state index in [2.05, 4.69) is 50.7 Å². The molecule has 2 rings (SSSR count). The molecule has 0 saturated heterocycles. The number of halogens is 3. The lowest BCUT2D eigenvalue weighted by atomic mass is 10.2. The smallest absolute Gasteiger partial charge is 0.0592 e. The number of rotatable bonds is 1. The second-order valence-electron chi connectivity index (χ2n) is 2.67. The number of fused-ring (bicyclic) bond motifs is 1. The highest BCUT2D eigenvalue weighted by Gasteiger charge is 2.06. The summed E-state index contributed by atoms with van der Waals surface area (Å²) in [6.45, 7) is 0. The summed E-state index contributed by atoms with van der Waals surface area (Å²) in [6, 6.07) is 4.33. The molecule has 0 bridgehead atoms. The molecular weight excluding hydrogens is 382 g/mol. The quantitative estimate of drug-likeness (QED) is 0.474. The van der Waals surface area contributed by atoms with Crippen LogP contribution < -0.4 is 0 Å². The molecule has 4 heteroatoms. The Morgan fingerprint density at radius 2 is 2.23 bits per heavy atom. The van der Waals surface area contributed by atoms with E-state index >= 15 is 0 Å². The summed E-state index contributed by atoms with van der Waals surface area (Å²) in [4.78, 5) is 0. The molecule has 68 valence electrons. The van der Waals surface area contributed by atoms with Crippen molar-refractivity contribution in [1.29, 1.82) is 0 Å². The minimum Gasteiger partial charge on any atom is -0.141 e. The van der Waals surface area contributed by atoms with Gasteiger partial charge < -0.3 is 0 Å². The molecule has 1 heterocycles. The maximum absolute atomic E-state index is 6.07. The van der Waals surface area contributed by atoms with Crippen molar-refractivity contribution in [3.63, 3.8) is 0 Å². The number of benzene rings is 1. The van der Waals surface area contributed by atoms with Crippen molar-refractivity contribution in [2.75, 3.05) is 0 Å². The van der Waals surface area contributed by atoms with E-state index in [-0.39, 0.29) is 0 Å². The third-order valence-electron chi connectivity index (χ3n) is 1.80. The van der Waals surface area contributed by atoms with Crippen LogP contribution in [0.5, 0.6) is 0 Å². The zero-order valence-corrected chi connectivity index (χ0v) is 11.8. The topological polar surface area (TPSA) is 0 Å². The molecule has 0 spiro atoms. The molecule has 0 saturated carbocycles. The molecule has 13 heavy (non-hydrogen) atoms. The Bertz CT molecular complexity index is 452. The van der Waals surface area contributed by atoms with Crippen molar-refractivity contribution < 1.29 is 0 Å². The number of hydrogen-bond donors (Lipinski definition) is 0. The zero-order valence-electron chi connectivity index (χ0n) is 6.48. The van der Waals surface area contributed by atoms with Crippen molar-refractivity contribution in [2.45, 2.75) is 5.33 Å². The molecule has 0 aliphatic carbocycles. The minimum atomic E-state index is 0.862. The molecule has 0 aliphatic rings. The van der Waals surface area contributed by atoms with Gasteiger partial charge in [0, 0.05) is 24.4 Å². The Morgan fingerprint density at radius 1 is 1.46 bits per heavy atom. The lowest BCUT2D eigenvalue weighted by molar-refractivity contribution is 1.46. The van der Waals surface area contributed by atoms with Crippen molar-refractivity contribution in [1.82, 2.24) is 0 Å². The van der Waals surface area contributed by atoms with E-state index in [0.717, 1.165) is 10.4 Å². The van der Waals surface area contributed by atoms with Gasteiger partial charge in [-0.15, -0.1) is 11.3 Å². The van der Waals surface area contributed by atoms with Gasteiger partial charge in [-0.3, -0.25) is 0 Å². The largest absolute Gasteiger partial charge is 0.141 e. The van der Waals surface area contributed by atoms with E-state index in [0.29, 0.717) is 0 Å². The molecule has 0 nitrogen and oxygen atoms in total. The van der Waals surface area contributed by atoms with Gasteiger partial charge in [-0.2, -0.15) is 0 Å². The van der Waals surface area contributed by atoms with Gasteiger partial charge in [-0.25, -0.2) is 0 Å².